The fraction of sp³-hybridized carbons (Fsp3) is 0.444. The van der Waals surface area contributed by atoms with Crippen LogP contribution in [-0.2, 0) is 11.3 Å². The molecule has 184 valence electrons. The highest BCUT2D eigenvalue weighted by molar-refractivity contribution is 8.00. The van der Waals surface area contributed by atoms with Gasteiger partial charge in [0.1, 0.15) is 0 Å². The minimum Gasteiger partial charge on any atom is -0.351 e. The Bertz CT molecular complexity index is 1130. The van der Waals surface area contributed by atoms with Gasteiger partial charge in [-0.15, -0.1) is 10.2 Å². The number of benzene rings is 2. The van der Waals surface area contributed by atoms with Crippen LogP contribution in [-0.4, -0.2) is 63.0 Å². The van der Waals surface area contributed by atoms with Crippen LogP contribution in [0.25, 0.3) is 5.69 Å². The van der Waals surface area contributed by atoms with E-state index in [1.54, 1.807) is 0 Å². The maximum Gasteiger partial charge on any atom is 0.233 e. The number of amides is 1. The van der Waals surface area contributed by atoms with E-state index in [2.05, 4.69) is 85.3 Å². The largest absolute Gasteiger partial charge is 0.351 e. The number of hydrogen-bond acceptors (Lipinski definition) is 6. The summed E-state index contributed by atoms with van der Waals surface area (Å²) in [6, 6.07) is 19.1. The van der Waals surface area contributed by atoms with Gasteiger partial charge in [0.2, 0.25) is 11.9 Å². The monoisotopic (exact) mass is 490 g/mol. The quantitative estimate of drug-likeness (QED) is 0.481. The summed E-state index contributed by atoms with van der Waals surface area (Å²) in [5.74, 6) is 0.927. The van der Waals surface area contributed by atoms with Crippen molar-refractivity contribution in [1.82, 2.24) is 25.0 Å². The molecule has 0 bridgehead atoms. The van der Waals surface area contributed by atoms with Gasteiger partial charge in [0.15, 0.2) is 5.16 Å². The summed E-state index contributed by atoms with van der Waals surface area (Å²) in [5, 5.41) is 12.8. The lowest BCUT2D eigenvalue weighted by Crippen LogP contribution is -2.40. The molecule has 3 heterocycles. The van der Waals surface area contributed by atoms with Gasteiger partial charge in [-0.1, -0.05) is 59.8 Å². The van der Waals surface area contributed by atoms with Crippen LogP contribution in [0.5, 0.6) is 0 Å². The van der Waals surface area contributed by atoms with Gasteiger partial charge in [0.25, 0.3) is 0 Å². The van der Waals surface area contributed by atoms with Crippen molar-refractivity contribution in [2.45, 2.75) is 56.1 Å². The highest BCUT2D eigenvalue weighted by Gasteiger charge is 2.28. The van der Waals surface area contributed by atoms with Crippen LogP contribution in [0.4, 0.5) is 5.95 Å². The van der Waals surface area contributed by atoms with Crippen molar-refractivity contribution in [3.8, 4) is 5.69 Å². The molecule has 2 unspecified atom stereocenters. The first-order valence-corrected chi connectivity index (χ1v) is 13.5. The summed E-state index contributed by atoms with van der Waals surface area (Å²) in [5.41, 5.74) is 3.56. The molecule has 2 aromatic carbocycles. The van der Waals surface area contributed by atoms with Crippen molar-refractivity contribution in [2.24, 2.45) is 0 Å². The van der Waals surface area contributed by atoms with Crippen LogP contribution in [0, 0.1) is 6.92 Å². The first-order valence-electron chi connectivity index (χ1n) is 12.6. The van der Waals surface area contributed by atoms with Crippen molar-refractivity contribution in [3.63, 3.8) is 0 Å². The van der Waals surface area contributed by atoms with Gasteiger partial charge in [-0.2, -0.15) is 0 Å². The molecule has 1 amide bonds. The van der Waals surface area contributed by atoms with Crippen LogP contribution >= 0.6 is 11.8 Å². The van der Waals surface area contributed by atoms with Crippen LogP contribution in [0.15, 0.2) is 59.8 Å². The Hall–Kier alpha value is -2.84. The average Bonchev–Trinajstić information content (AvgIpc) is 3.62. The topological polar surface area (TPSA) is 66.3 Å². The maximum atomic E-state index is 13.1. The average molecular weight is 491 g/mol. The standard InChI is InChI=1S/C27H34N6OS/c1-20-10-12-24(13-11-20)33-26(32-15-6-7-16-32)29-30-27(33)35-21(2)25(34)28-23-14-17-31(19-23)18-22-8-4-3-5-9-22/h3-5,8-13,21,23H,6-7,14-19H2,1-2H3,(H,28,34). The van der Waals surface area contributed by atoms with Crippen LogP contribution < -0.4 is 10.2 Å². The predicted molar refractivity (Wildman–Crippen MR) is 141 cm³/mol. The molecule has 8 heteroatoms. The van der Waals surface area contributed by atoms with Crippen molar-refractivity contribution < 1.29 is 4.79 Å². The molecule has 0 saturated carbocycles. The van der Waals surface area contributed by atoms with Gasteiger partial charge in [0, 0.05) is 38.8 Å². The fourth-order valence-electron chi connectivity index (χ4n) is 4.85. The summed E-state index contributed by atoms with van der Waals surface area (Å²) in [6.07, 6.45) is 3.32. The molecule has 2 saturated heterocycles. The zero-order valence-corrected chi connectivity index (χ0v) is 21.4. The lowest BCUT2D eigenvalue weighted by atomic mass is 10.2. The van der Waals surface area contributed by atoms with Crippen molar-refractivity contribution >= 4 is 23.6 Å². The van der Waals surface area contributed by atoms with Gasteiger partial charge in [0.05, 0.1) is 10.9 Å². The summed E-state index contributed by atoms with van der Waals surface area (Å²) in [6.45, 7) is 8.84. The van der Waals surface area contributed by atoms with E-state index >= 15 is 0 Å². The minimum absolute atomic E-state index is 0.0581. The van der Waals surface area contributed by atoms with Crippen molar-refractivity contribution in [1.29, 1.82) is 0 Å². The van der Waals surface area contributed by atoms with Gasteiger partial charge in [-0.25, -0.2) is 0 Å². The first kappa shape index (κ1) is 23.9. The molecule has 35 heavy (non-hydrogen) atoms. The second-order valence-electron chi connectivity index (χ2n) is 9.62. The van der Waals surface area contributed by atoms with Crippen LogP contribution in [0.3, 0.4) is 0 Å². The Kier molecular flexibility index (Phi) is 7.39. The Labute approximate surface area is 211 Å². The number of carbonyl (C=O) groups excluding carboxylic acids is 1. The third-order valence-electron chi connectivity index (χ3n) is 6.82. The number of rotatable bonds is 8. The van der Waals surface area contributed by atoms with E-state index in [0.29, 0.717) is 0 Å². The van der Waals surface area contributed by atoms with Crippen LogP contribution in [0.2, 0.25) is 0 Å². The summed E-state index contributed by atoms with van der Waals surface area (Å²) < 4.78 is 2.11. The molecule has 1 aromatic heterocycles. The molecule has 2 atom stereocenters. The Morgan fingerprint density at radius 2 is 1.80 bits per heavy atom. The normalized spacial score (nSPS) is 19.3. The van der Waals surface area contributed by atoms with E-state index in [1.165, 1.54) is 35.7 Å². The molecular formula is C27H34N6OS. The van der Waals surface area contributed by atoms with Gasteiger partial charge in [-0.05, 0) is 50.8 Å². The molecule has 1 N–H and O–H groups in total. The molecule has 2 fully saturated rings. The fourth-order valence-corrected chi connectivity index (χ4v) is 5.72. The SMILES string of the molecule is Cc1ccc(-n2c(SC(C)C(=O)NC3CCN(Cc4ccccc4)C3)nnc2N2CCCC2)cc1. The first-order chi connectivity index (χ1) is 17.1. The molecule has 0 aliphatic carbocycles. The van der Waals surface area contributed by atoms with E-state index in [0.717, 1.165) is 55.9 Å². The second-order valence-corrected chi connectivity index (χ2v) is 10.9. The molecule has 7 nitrogen and oxygen atoms in total. The number of carbonyl (C=O) groups is 1. The number of aryl methyl sites for hydroxylation is 1. The third kappa shape index (κ3) is 5.70. The zero-order valence-electron chi connectivity index (χ0n) is 20.6. The Balaban J connectivity index is 1.24. The third-order valence-corrected chi connectivity index (χ3v) is 7.86. The summed E-state index contributed by atoms with van der Waals surface area (Å²) in [4.78, 5) is 17.8. The molecule has 2 aliphatic heterocycles. The number of anilines is 1. The minimum atomic E-state index is -0.266. The van der Waals surface area contributed by atoms with E-state index < -0.39 is 0 Å². The highest BCUT2D eigenvalue weighted by Crippen LogP contribution is 2.31. The molecule has 0 spiro atoms. The zero-order chi connectivity index (χ0) is 24.2. The van der Waals surface area contributed by atoms with E-state index in [9.17, 15) is 4.79 Å². The van der Waals surface area contributed by atoms with E-state index in [-0.39, 0.29) is 17.2 Å². The molecule has 3 aromatic rings. The van der Waals surface area contributed by atoms with E-state index in [1.807, 2.05) is 13.0 Å². The Morgan fingerprint density at radius 3 is 2.54 bits per heavy atom. The molecular weight excluding hydrogens is 456 g/mol. The number of likely N-dealkylation sites (tertiary alicyclic amines) is 1. The van der Waals surface area contributed by atoms with Crippen molar-refractivity contribution in [3.05, 3.63) is 65.7 Å². The molecule has 2 aliphatic rings. The molecule has 5 rings (SSSR count). The number of nitrogens with zero attached hydrogens (tertiary/aromatic N) is 5. The van der Waals surface area contributed by atoms with Crippen molar-refractivity contribution in [2.75, 3.05) is 31.1 Å². The summed E-state index contributed by atoms with van der Waals surface area (Å²) >= 11 is 1.48. The lowest BCUT2D eigenvalue weighted by Gasteiger charge is -2.20. The smallest absolute Gasteiger partial charge is 0.233 e. The Morgan fingerprint density at radius 1 is 1.06 bits per heavy atom. The number of thioether (sulfide) groups is 1. The number of aromatic nitrogens is 3. The van der Waals surface area contributed by atoms with Crippen LogP contribution in [0.1, 0.15) is 37.3 Å². The predicted octanol–water partition coefficient (Wildman–Crippen LogP) is 4.05. The van der Waals surface area contributed by atoms with E-state index in [4.69, 9.17) is 0 Å². The number of nitrogens with one attached hydrogen (secondary N) is 1. The van der Waals surface area contributed by atoms with Gasteiger partial charge >= 0.3 is 0 Å². The lowest BCUT2D eigenvalue weighted by molar-refractivity contribution is -0.120. The van der Waals surface area contributed by atoms with Gasteiger partial charge in [-0.3, -0.25) is 14.3 Å². The summed E-state index contributed by atoms with van der Waals surface area (Å²) in [7, 11) is 0. The molecule has 0 radical (unpaired) electrons. The van der Waals surface area contributed by atoms with Gasteiger partial charge < -0.3 is 10.2 Å². The maximum absolute atomic E-state index is 13.1. The highest BCUT2D eigenvalue weighted by atomic mass is 32.2. The second kappa shape index (κ2) is 10.8. The number of hydrogen-bond donors (Lipinski definition) is 1.